The summed E-state index contributed by atoms with van der Waals surface area (Å²) >= 11 is 0. The molecule has 0 saturated carbocycles. The van der Waals surface area contributed by atoms with Crippen LogP contribution in [0.25, 0.3) is 0 Å². The van der Waals surface area contributed by atoms with Crippen molar-refractivity contribution in [2.75, 3.05) is 26.8 Å². The van der Waals surface area contributed by atoms with Crippen molar-refractivity contribution in [1.29, 1.82) is 0 Å². The van der Waals surface area contributed by atoms with Crippen LogP contribution in [0.2, 0.25) is 0 Å². The smallest absolute Gasteiger partial charge is 0.234 e. The van der Waals surface area contributed by atoms with Crippen molar-refractivity contribution in [2.45, 2.75) is 13.0 Å². The van der Waals surface area contributed by atoms with E-state index in [2.05, 4.69) is 10.6 Å². The Morgan fingerprint density at radius 1 is 1.56 bits per heavy atom. The summed E-state index contributed by atoms with van der Waals surface area (Å²) in [6.45, 7) is 2.25. The molecule has 16 heavy (non-hydrogen) atoms. The number of nitrogens with one attached hydrogen (secondary N) is 2. The van der Waals surface area contributed by atoms with Crippen LogP contribution in [0.15, 0.2) is 22.8 Å². The van der Waals surface area contributed by atoms with Gasteiger partial charge in [0.25, 0.3) is 0 Å². The zero-order chi connectivity index (χ0) is 11.6. The predicted octanol–water partition coefficient (Wildman–Crippen LogP) is 0.522. The summed E-state index contributed by atoms with van der Waals surface area (Å²) in [7, 11) is 1.66. The summed E-state index contributed by atoms with van der Waals surface area (Å²) in [5, 5.41) is 5.78. The van der Waals surface area contributed by atoms with Gasteiger partial charge in [-0.1, -0.05) is 0 Å². The first-order chi connectivity index (χ1) is 7.83. The Morgan fingerprint density at radius 2 is 2.44 bits per heavy atom. The molecule has 0 aliphatic rings. The molecule has 5 nitrogen and oxygen atoms in total. The fourth-order valence-electron chi connectivity index (χ4n) is 1.20. The van der Waals surface area contributed by atoms with Crippen molar-refractivity contribution in [3.8, 4) is 0 Å². The highest BCUT2D eigenvalue weighted by Gasteiger charge is 2.01. The zero-order valence-corrected chi connectivity index (χ0v) is 9.49. The van der Waals surface area contributed by atoms with Crippen molar-refractivity contribution in [3.05, 3.63) is 24.2 Å². The first kappa shape index (κ1) is 12.7. The number of methoxy groups -OCH3 is 1. The van der Waals surface area contributed by atoms with Crippen LogP contribution in [-0.4, -0.2) is 32.7 Å². The van der Waals surface area contributed by atoms with Gasteiger partial charge >= 0.3 is 0 Å². The molecule has 0 bridgehead atoms. The van der Waals surface area contributed by atoms with E-state index in [0.29, 0.717) is 19.7 Å². The average Bonchev–Trinajstić information content (AvgIpc) is 2.79. The van der Waals surface area contributed by atoms with Gasteiger partial charge in [-0.2, -0.15) is 0 Å². The van der Waals surface area contributed by atoms with Crippen LogP contribution in [0.4, 0.5) is 0 Å². The fourth-order valence-corrected chi connectivity index (χ4v) is 1.20. The third kappa shape index (κ3) is 5.53. The summed E-state index contributed by atoms with van der Waals surface area (Å²) in [6, 6.07) is 3.62. The zero-order valence-electron chi connectivity index (χ0n) is 9.49. The topological polar surface area (TPSA) is 63.5 Å². The van der Waals surface area contributed by atoms with E-state index in [1.165, 1.54) is 0 Å². The summed E-state index contributed by atoms with van der Waals surface area (Å²) in [5.74, 6) is 0.724. The molecular formula is C11H18N2O3. The average molecular weight is 226 g/mol. The molecule has 1 heterocycles. The maximum absolute atomic E-state index is 11.3. The lowest BCUT2D eigenvalue weighted by Gasteiger charge is -2.05. The molecule has 0 atom stereocenters. The molecular weight excluding hydrogens is 208 g/mol. The second-order valence-corrected chi connectivity index (χ2v) is 3.38. The normalized spacial score (nSPS) is 10.3. The molecule has 0 aliphatic heterocycles. The standard InChI is InChI=1S/C11H18N2O3/c1-15-6-3-5-12-9-11(14)13-8-10-4-2-7-16-10/h2,4,7,12H,3,5-6,8-9H2,1H3,(H,13,14). The van der Waals surface area contributed by atoms with Crippen LogP contribution in [0.5, 0.6) is 0 Å². The number of carbonyl (C=O) groups excluding carboxylic acids is 1. The molecule has 0 fully saturated rings. The van der Waals surface area contributed by atoms with Gasteiger partial charge in [0.2, 0.25) is 5.91 Å². The highest BCUT2D eigenvalue weighted by molar-refractivity contribution is 5.77. The van der Waals surface area contributed by atoms with Gasteiger partial charge in [-0.05, 0) is 25.1 Å². The van der Waals surface area contributed by atoms with E-state index >= 15 is 0 Å². The minimum Gasteiger partial charge on any atom is -0.467 e. The molecule has 1 aromatic rings. The Kier molecular flexibility index (Phi) is 6.29. The summed E-state index contributed by atoms with van der Waals surface area (Å²) < 4.78 is 9.98. The minimum atomic E-state index is -0.0335. The molecule has 0 aromatic carbocycles. The Morgan fingerprint density at radius 3 is 3.12 bits per heavy atom. The molecule has 1 aromatic heterocycles. The Labute approximate surface area is 95.2 Å². The molecule has 1 rings (SSSR count). The van der Waals surface area contributed by atoms with Gasteiger partial charge in [0.05, 0.1) is 19.4 Å². The lowest BCUT2D eigenvalue weighted by atomic mass is 10.4. The van der Waals surface area contributed by atoms with Crippen LogP contribution in [0.1, 0.15) is 12.2 Å². The van der Waals surface area contributed by atoms with Crippen LogP contribution in [0, 0.1) is 0 Å². The fraction of sp³-hybridized carbons (Fsp3) is 0.545. The number of amides is 1. The summed E-state index contributed by atoms with van der Waals surface area (Å²) in [5.41, 5.74) is 0. The van der Waals surface area contributed by atoms with Crippen molar-refractivity contribution in [3.63, 3.8) is 0 Å². The highest BCUT2D eigenvalue weighted by Crippen LogP contribution is 1.97. The van der Waals surface area contributed by atoms with Gasteiger partial charge < -0.3 is 19.8 Å². The molecule has 0 unspecified atom stereocenters. The first-order valence-electron chi connectivity index (χ1n) is 5.31. The molecule has 0 aliphatic carbocycles. The first-order valence-corrected chi connectivity index (χ1v) is 5.31. The van der Waals surface area contributed by atoms with E-state index in [-0.39, 0.29) is 5.91 Å². The summed E-state index contributed by atoms with van der Waals surface area (Å²) in [6.07, 6.45) is 2.49. The van der Waals surface area contributed by atoms with Crippen LogP contribution >= 0.6 is 0 Å². The van der Waals surface area contributed by atoms with E-state index in [4.69, 9.17) is 9.15 Å². The van der Waals surface area contributed by atoms with Gasteiger partial charge in [0, 0.05) is 13.7 Å². The van der Waals surface area contributed by atoms with Gasteiger partial charge in [0.1, 0.15) is 5.76 Å². The minimum absolute atomic E-state index is 0.0335. The predicted molar refractivity (Wildman–Crippen MR) is 59.9 cm³/mol. The van der Waals surface area contributed by atoms with Crippen molar-refractivity contribution >= 4 is 5.91 Å². The molecule has 5 heteroatoms. The maximum atomic E-state index is 11.3. The molecule has 90 valence electrons. The molecule has 2 N–H and O–H groups in total. The van der Waals surface area contributed by atoms with Crippen molar-refractivity contribution < 1.29 is 13.9 Å². The third-order valence-corrected chi connectivity index (χ3v) is 2.03. The van der Waals surface area contributed by atoms with E-state index in [0.717, 1.165) is 18.7 Å². The number of ether oxygens (including phenoxy) is 1. The van der Waals surface area contributed by atoms with Gasteiger partial charge in [0.15, 0.2) is 0 Å². The second kappa shape index (κ2) is 7.90. The van der Waals surface area contributed by atoms with Crippen molar-refractivity contribution in [2.24, 2.45) is 0 Å². The largest absolute Gasteiger partial charge is 0.467 e. The van der Waals surface area contributed by atoms with Gasteiger partial charge in [-0.15, -0.1) is 0 Å². The van der Waals surface area contributed by atoms with E-state index < -0.39 is 0 Å². The summed E-state index contributed by atoms with van der Waals surface area (Å²) in [4.78, 5) is 11.3. The number of carbonyl (C=O) groups is 1. The number of furan rings is 1. The monoisotopic (exact) mass is 226 g/mol. The SMILES string of the molecule is COCCCNCC(=O)NCc1ccco1. The lowest BCUT2D eigenvalue weighted by Crippen LogP contribution is -2.34. The van der Waals surface area contributed by atoms with Crippen LogP contribution in [-0.2, 0) is 16.1 Å². The Bertz CT molecular complexity index is 285. The lowest BCUT2D eigenvalue weighted by molar-refractivity contribution is -0.120. The second-order valence-electron chi connectivity index (χ2n) is 3.38. The number of rotatable bonds is 8. The van der Waals surface area contributed by atoms with Crippen LogP contribution in [0.3, 0.4) is 0 Å². The molecule has 0 saturated heterocycles. The van der Waals surface area contributed by atoms with Crippen molar-refractivity contribution in [1.82, 2.24) is 10.6 Å². The highest BCUT2D eigenvalue weighted by atomic mass is 16.5. The third-order valence-electron chi connectivity index (χ3n) is 2.03. The van der Waals surface area contributed by atoms with E-state index in [9.17, 15) is 4.79 Å². The maximum Gasteiger partial charge on any atom is 0.234 e. The Hall–Kier alpha value is -1.33. The van der Waals surface area contributed by atoms with Gasteiger partial charge in [-0.3, -0.25) is 4.79 Å². The molecule has 1 amide bonds. The van der Waals surface area contributed by atoms with Gasteiger partial charge in [-0.25, -0.2) is 0 Å². The Balaban J connectivity index is 1.99. The number of hydrogen-bond acceptors (Lipinski definition) is 4. The molecule has 0 radical (unpaired) electrons. The van der Waals surface area contributed by atoms with E-state index in [1.54, 1.807) is 19.4 Å². The van der Waals surface area contributed by atoms with Crippen LogP contribution < -0.4 is 10.6 Å². The number of hydrogen-bond donors (Lipinski definition) is 2. The quantitative estimate of drug-likeness (QED) is 0.634. The van der Waals surface area contributed by atoms with E-state index in [1.807, 2.05) is 6.07 Å². The molecule has 0 spiro atoms.